The predicted molar refractivity (Wildman–Crippen MR) is 81.2 cm³/mol. The van der Waals surface area contributed by atoms with Gasteiger partial charge in [-0.15, -0.1) is 0 Å². The lowest BCUT2D eigenvalue weighted by atomic mass is 10.0. The molecule has 0 spiro atoms. The Bertz CT molecular complexity index is 575. The highest BCUT2D eigenvalue weighted by atomic mass is 32.2. The van der Waals surface area contributed by atoms with Crippen LogP contribution >= 0.6 is 0 Å². The molecule has 0 amide bonds. The SMILES string of the molecule is CC(C)(C)CS(=O)(=O)N1CCCC(O)c2ccccc21. The summed E-state index contributed by atoms with van der Waals surface area (Å²) in [6.45, 7) is 6.20. The van der Waals surface area contributed by atoms with Gasteiger partial charge in [0, 0.05) is 12.1 Å². The zero-order valence-corrected chi connectivity index (χ0v) is 13.2. The molecule has 5 heteroatoms. The summed E-state index contributed by atoms with van der Waals surface area (Å²) in [5.41, 5.74) is 1.04. The van der Waals surface area contributed by atoms with Crippen LogP contribution in [0.25, 0.3) is 0 Å². The van der Waals surface area contributed by atoms with E-state index in [-0.39, 0.29) is 11.2 Å². The number of anilines is 1. The van der Waals surface area contributed by atoms with Gasteiger partial charge in [-0.1, -0.05) is 39.0 Å². The number of sulfonamides is 1. The molecule has 1 atom stereocenters. The molecule has 0 bridgehead atoms. The van der Waals surface area contributed by atoms with Gasteiger partial charge >= 0.3 is 0 Å². The highest BCUT2D eigenvalue weighted by Gasteiger charge is 2.32. The van der Waals surface area contributed by atoms with Gasteiger partial charge in [-0.25, -0.2) is 8.42 Å². The average Bonchev–Trinajstić information content (AvgIpc) is 2.47. The van der Waals surface area contributed by atoms with Gasteiger partial charge in [0.25, 0.3) is 0 Å². The topological polar surface area (TPSA) is 57.6 Å². The Labute approximate surface area is 121 Å². The van der Waals surface area contributed by atoms with E-state index < -0.39 is 16.1 Å². The van der Waals surface area contributed by atoms with E-state index in [2.05, 4.69) is 0 Å². The number of aliphatic hydroxyl groups excluding tert-OH is 1. The van der Waals surface area contributed by atoms with Gasteiger partial charge in [0.05, 0.1) is 17.5 Å². The quantitative estimate of drug-likeness (QED) is 0.913. The molecule has 0 aromatic heterocycles. The van der Waals surface area contributed by atoms with Gasteiger partial charge in [0.1, 0.15) is 0 Å². The third kappa shape index (κ3) is 3.33. The van der Waals surface area contributed by atoms with Crippen LogP contribution < -0.4 is 4.31 Å². The third-order valence-electron chi connectivity index (χ3n) is 3.35. The van der Waals surface area contributed by atoms with Crippen LogP contribution in [0.5, 0.6) is 0 Å². The zero-order chi connectivity index (χ0) is 15.0. The van der Waals surface area contributed by atoms with Crippen molar-refractivity contribution in [1.29, 1.82) is 0 Å². The number of nitrogens with zero attached hydrogens (tertiary/aromatic N) is 1. The van der Waals surface area contributed by atoms with Crippen LogP contribution in [0.1, 0.15) is 45.3 Å². The Hall–Kier alpha value is -1.07. The fourth-order valence-corrected chi connectivity index (χ4v) is 4.74. The van der Waals surface area contributed by atoms with Crippen LogP contribution in [0, 0.1) is 5.41 Å². The van der Waals surface area contributed by atoms with Crippen molar-refractivity contribution in [2.24, 2.45) is 5.41 Å². The summed E-state index contributed by atoms with van der Waals surface area (Å²) >= 11 is 0. The first-order chi connectivity index (χ1) is 9.21. The fraction of sp³-hybridized carbons (Fsp3) is 0.600. The molecular formula is C15H23NO3S. The molecule has 2 rings (SSSR count). The summed E-state index contributed by atoms with van der Waals surface area (Å²) in [5.74, 6) is 0.102. The summed E-state index contributed by atoms with van der Waals surface area (Å²) in [4.78, 5) is 0. The van der Waals surface area contributed by atoms with E-state index in [1.54, 1.807) is 6.07 Å². The first kappa shape index (κ1) is 15.3. The van der Waals surface area contributed by atoms with Crippen LogP contribution in [-0.2, 0) is 10.0 Å². The van der Waals surface area contributed by atoms with Crippen molar-refractivity contribution in [3.8, 4) is 0 Å². The van der Waals surface area contributed by atoms with Crippen molar-refractivity contribution >= 4 is 15.7 Å². The minimum Gasteiger partial charge on any atom is -0.388 e. The minimum absolute atomic E-state index is 0.102. The summed E-state index contributed by atoms with van der Waals surface area (Å²) in [6.07, 6.45) is 0.679. The number of hydrogen-bond acceptors (Lipinski definition) is 3. The number of rotatable bonds is 2. The van der Waals surface area contributed by atoms with Gasteiger partial charge in [0.15, 0.2) is 0 Å². The van der Waals surface area contributed by atoms with Gasteiger partial charge in [0.2, 0.25) is 10.0 Å². The van der Waals surface area contributed by atoms with Crippen LogP contribution in [-0.4, -0.2) is 25.8 Å². The number of hydrogen-bond donors (Lipinski definition) is 1. The fourth-order valence-electron chi connectivity index (χ4n) is 2.61. The van der Waals surface area contributed by atoms with Crippen molar-refractivity contribution < 1.29 is 13.5 Å². The molecule has 1 aliphatic rings. The van der Waals surface area contributed by atoms with Crippen LogP contribution in [0.2, 0.25) is 0 Å². The number of para-hydroxylation sites is 1. The standard InChI is InChI=1S/C15H23NO3S/c1-15(2,3)11-20(18,19)16-10-6-9-14(17)12-7-4-5-8-13(12)16/h4-5,7-8,14,17H,6,9-11H2,1-3H3. The Balaban J connectivity index is 2.44. The van der Waals surface area contributed by atoms with E-state index in [9.17, 15) is 13.5 Å². The Morgan fingerprint density at radius 2 is 1.95 bits per heavy atom. The molecule has 1 aliphatic heterocycles. The van der Waals surface area contributed by atoms with E-state index in [1.165, 1.54) is 4.31 Å². The van der Waals surface area contributed by atoms with Crippen molar-refractivity contribution in [2.45, 2.75) is 39.7 Å². The maximum Gasteiger partial charge on any atom is 0.235 e. The molecule has 112 valence electrons. The molecule has 0 fully saturated rings. The minimum atomic E-state index is -3.38. The molecule has 0 aliphatic carbocycles. The lowest BCUT2D eigenvalue weighted by Gasteiger charge is -2.28. The normalized spacial score (nSPS) is 20.4. The summed E-state index contributed by atoms with van der Waals surface area (Å²) < 4.78 is 26.8. The highest BCUT2D eigenvalue weighted by molar-refractivity contribution is 7.92. The van der Waals surface area contributed by atoms with Gasteiger partial charge < -0.3 is 5.11 Å². The summed E-state index contributed by atoms with van der Waals surface area (Å²) in [6, 6.07) is 7.24. The van der Waals surface area contributed by atoms with E-state index in [0.717, 1.165) is 0 Å². The molecule has 0 radical (unpaired) electrons. The van der Waals surface area contributed by atoms with Gasteiger partial charge in [-0.2, -0.15) is 0 Å². The van der Waals surface area contributed by atoms with Gasteiger partial charge in [-0.3, -0.25) is 4.31 Å². The predicted octanol–water partition coefficient (Wildman–Crippen LogP) is 2.70. The molecule has 1 unspecified atom stereocenters. The molecule has 1 aromatic rings. The Morgan fingerprint density at radius 1 is 1.30 bits per heavy atom. The van der Waals surface area contributed by atoms with E-state index >= 15 is 0 Å². The molecule has 20 heavy (non-hydrogen) atoms. The Kier molecular flexibility index (Phi) is 4.12. The lowest BCUT2D eigenvalue weighted by Crippen LogP contribution is -2.37. The van der Waals surface area contributed by atoms with E-state index in [1.807, 2.05) is 39.0 Å². The van der Waals surface area contributed by atoms with E-state index in [4.69, 9.17) is 0 Å². The molecule has 1 heterocycles. The second-order valence-corrected chi connectivity index (χ2v) is 8.50. The molecule has 4 nitrogen and oxygen atoms in total. The van der Waals surface area contributed by atoms with Crippen LogP contribution in [0.15, 0.2) is 24.3 Å². The molecular weight excluding hydrogens is 274 g/mol. The number of benzene rings is 1. The van der Waals surface area contributed by atoms with Crippen LogP contribution in [0.3, 0.4) is 0 Å². The third-order valence-corrected chi connectivity index (χ3v) is 5.64. The molecule has 0 saturated carbocycles. The van der Waals surface area contributed by atoms with Crippen molar-refractivity contribution in [3.63, 3.8) is 0 Å². The van der Waals surface area contributed by atoms with Crippen LogP contribution in [0.4, 0.5) is 5.69 Å². The smallest absolute Gasteiger partial charge is 0.235 e. The van der Waals surface area contributed by atoms with Gasteiger partial charge in [-0.05, 0) is 24.3 Å². The summed E-state index contributed by atoms with van der Waals surface area (Å²) in [7, 11) is -3.38. The second-order valence-electron chi connectivity index (χ2n) is 6.61. The monoisotopic (exact) mass is 297 g/mol. The average molecular weight is 297 g/mol. The number of aliphatic hydroxyl groups is 1. The second kappa shape index (κ2) is 5.37. The maximum atomic E-state index is 12.7. The first-order valence-corrected chi connectivity index (χ1v) is 8.59. The largest absolute Gasteiger partial charge is 0.388 e. The molecule has 1 N–H and O–H groups in total. The van der Waals surface area contributed by atoms with Crippen molar-refractivity contribution in [3.05, 3.63) is 29.8 Å². The first-order valence-electron chi connectivity index (χ1n) is 6.98. The number of fused-ring (bicyclic) bond motifs is 1. The lowest BCUT2D eigenvalue weighted by molar-refractivity contribution is 0.168. The highest BCUT2D eigenvalue weighted by Crippen LogP contribution is 2.35. The van der Waals surface area contributed by atoms with E-state index in [0.29, 0.717) is 30.6 Å². The van der Waals surface area contributed by atoms with Crippen molar-refractivity contribution in [1.82, 2.24) is 0 Å². The molecule has 1 aromatic carbocycles. The maximum absolute atomic E-state index is 12.7. The van der Waals surface area contributed by atoms with Crippen molar-refractivity contribution in [2.75, 3.05) is 16.6 Å². The zero-order valence-electron chi connectivity index (χ0n) is 12.3. The summed E-state index contributed by atoms with van der Waals surface area (Å²) in [5, 5.41) is 10.1. The Morgan fingerprint density at radius 3 is 2.60 bits per heavy atom. The molecule has 0 saturated heterocycles.